The molecule has 2 aromatic heterocycles. The molecule has 1 amide bonds. The van der Waals surface area contributed by atoms with Crippen molar-refractivity contribution in [1.29, 1.82) is 0 Å². The van der Waals surface area contributed by atoms with Gasteiger partial charge in [-0.25, -0.2) is 4.98 Å². The SMILES string of the molecule is CCOc1cccc2sc(N(CCN(C)C)C(=O)C=Cc3ccc([N+](=O)[O-])s3)nc12.Cl. The molecule has 3 aromatic rings. The van der Waals surface area contributed by atoms with Gasteiger partial charge in [-0.05, 0) is 45.3 Å². The maximum absolute atomic E-state index is 13.0. The van der Waals surface area contributed by atoms with Gasteiger partial charge in [0, 0.05) is 30.1 Å². The lowest BCUT2D eigenvalue weighted by Crippen LogP contribution is -2.35. The lowest BCUT2D eigenvalue weighted by atomic mass is 10.3. The predicted octanol–water partition coefficient (Wildman–Crippen LogP) is 4.69. The van der Waals surface area contributed by atoms with Gasteiger partial charge < -0.3 is 9.64 Å². The Morgan fingerprint density at radius 3 is 2.65 bits per heavy atom. The van der Waals surface area contributed by atoms with Crippen molar-refractivity contribution in [2.45, 2.75) is 6.92 Å². The van der Waals surface area contributed by atoms with Gasteiger partial charge >= 0.3 is 5.00 Å². The van der Waals surface area contributed by atoms with Crippen molar-refractivity contribution < 1.29 is 14.5 Å². The molecule has 2 heterocycles. The van der Waals surface area contributed by atoms with Gasteiger partial charge in [0.25, 0.3) is 5.91 Å². The minimum Gasteiger partial charge on any atom is -0.492 e. The quantitative estimate of drug-likeness (QED) is 0.249. The van der Waals surface area contributed by atoms with E-state index in [2.05, 4.69) is 4.98 Å². The van der Waals surface area contributed by atoms with Crippen LogP contribution in [0.25, 0.3) is 16.3 Å². The van der Waals surface area contributed by atoms with Crippen LogP contribution in [0.2, 0.25) is 0 Å². The van der Waals surface area contributed by atoms with E-state index in [-0.39, 0.29) is 23.3 Å². The fourth-order valence-electron chi connectivity index (χ4n) is 2.67. The number of rotatable bonds is 9. The third-order valence-corrected chi connectivity index (χ3v) is 6.17. The summed E-state index contributed by atoms with van der Waals surface area (Å²) in [5.74, 6) is 0.462. The molecule has 0 saturated carbocycles. The van der Waals surface area contributed by atoms with Gasteiger partial charge in [-0.2, -0.15) is 0 Å². The lowest BCUT2D eigenvalue weighted by Gasteiger charge is -2.20. The fraction of sp³-hybridized carbons (Fsp3) is 0.300. The number of aromatic nitrogens is 1. The molecule has 3 rings (SSSR count). The van der Waals surface area contributed by atoms with Crippen molar-refractivity contribution in [3.05, 3.63) is 51.4 Å². The zero-order valence-electron chi connectivity index (χ0n) is 17.3. The van der Waals surface area contributed by atoms with Crippen LogP contribution in [0.4, 0.5) is 10.1 Å². The number of halogens is 1. The molecule has 11 heteroatoms. The molecule has 0 aliphatic carbocycles. The summed E-state index contributed by atoms with van der Waals surface area (Å²) in [6.07, 6.45) is 3.03. The van der Waals surface area contributed by atoms with Crippen LogP contribution in [0.3, 0.4) is 0 Å². The van der Waals surface area contributed by atoms with Gasteiger partial charge in [0.05, 0.1) is 16.2 Å². The maximum atomic E-state index is 13.0. The average Bonchev–Trinajstić information content (AvgIpc) is 3.34. The van der Waals surface area contributed by atoms with E-state index in [1.54, 1.807) is 17.0 Å². The lowest BCUT2D eigenvalue weighted by molar-refractivity contribution is -0.380. The Morgan fingerprint density at radius 1 is 1.23 bits per heavy atom. The number of anilines is 1. The molecule has 0 unspecified atom stereocenters. The number of hydrogen-bond acceptors (Lipinski definition) is 8. The summed E-state index contributed by atoms with van der Waals surface area (Å²) in [5.41, 5.74) is 0.736. The normalized spacial score (nSPS) is 11.1. The van der Waals surface area contributed by atoms with Crippen LogP contribution >= 0.6 is 35.1 Å². The van der Waals surface area contributed by atoms with Crippen LogP contribution in [0.1, 0.15) is 11.8 Å². The molecule has 0 N–H and O–H groups in total. The molecular formula is C20H23ClN4O4S2. The fourth-order valence-corrected chi connectivity index (χ4v) is 4.41. The van der Waals surface area contributed by atoms with Gasteiger partial charge in [0.2, 0.25) is 0 Å². The minimum atomic E-state index is -0.440. The zero-order valence-corrected chi connectivity index (χ0v) is 19.8. The predicted molar refractivity (Wildman–Crippen MR) is 129 cm³/mol. The summed E-state index contributed by atoms with van der Waals surface area (Å²) in [5, 5.41) is 11.5. The van der Waals surface area contributed by atoms with E-state index in [0.717, 1.165) is 21.6 Å². The number of carbonyl (C=O) groups is 1. The number of para-hydroxylation sites is 1. The van der Waals surface area contributed by atoms with Crippen LogP contribution in [0.15, 0.2) is 36.4 Å². The van der Waals surface area contributed by atoms with Crippen molar-refractivity contribution >= 4 is 67.4 Å². The second kappa shape index (κ2) is 11.2. The van der Waals surface area contributed by atoms with E-state index >= 15 is 0 Å². The molecule has 166 valence electrons. The van der Waals surface area contributed by atoms with Gasteiger partial charge in [-0.15, -0.1) is 12.4 Å². The Bertz CT molecular complexity index is 1080. The van der Waals surface area contributed by atoms with Crippen molar-refractivity contribution in [3.63, 3.8) is 0 Å². The Labute approximate surface area is 194 Å². The number of hydrogen-bond donors (Lipinski definition) is 0. The van der Waals surface area contributed by atoms with E-state index in [9.17, 15) is 14.9 Å². The van der Waals surface area contributed by atoms with Crippen molar-refractivity contribution in [3.8, 4) is 5.75 Å². The molecule has 0 aliphatic rings. The minimum absolute atomic E-state index is 0. The summed E-state index contributed by atoms with van der Waals surface area (Å²) >= 11 is 2.46. The summed E-state index contributed by atoms with van der Waals surface area (Å²) in [6.45, 7) is 3.58. The van der Waals surface area contributed by atoms with Gasteiger partial charge in [0.15, 0.2) is 5.13 Å². The first-order valence-corrected chi connectivity index (χ1v) is 10.9. The first kappa shape index (κ1) is 24.7. The number of carbonyl (C=O) groups excluding carboxylic acids is 1. The maximum Gasteiger partial charge on any atom is 0.324 e. The third kappa shape index (κ3) is 6.23. The van der Waals surface area contributed by atoms with Crippen LogP contribution in [-0.2, 0) is 4.79 Å². The molecule has 0 fully saturated rings. The number of fused-ring (bicyclic) bond motifs is 1. The largest absolute Gasteiger partial charge is 0.492 e. The van der Waals surface area contributed by atoms with Crippen LogP contribution in [0.5, 0.6) is 5.75 Å². The molecule has 0 atom stereocenters. The highest BCUT2D eigenvalue weighted by Crippen LogP contribution is 2.34. The van der Waals surface area contributed by atoms with Gasteiger partial charge in [-0.1, -0.05) is 28.7 Å². The number of thiazole rings is 1. The number of benzene rings is 1. The molecule has 1 aromatic carbocycles. The van der Waals surface area contributed by atoms with Crippen molar-refractivity contribution in [1.82, 2.24) is 9.88 Å². The highest BCUT2D eigenvalue weighted by Gasteiger charge is 2.19. The molecule has 8 nitrogen and oxygen atoms in total. The van der Waals surface area contributed by atoms with Crippen LogP contribution in [0, 0.1) is 10.1 Å². The Kier molecular flexibility index (Phi) is 8.93. The molecule has 0 saturated heterocycles. The van der Waals surface area contributed by atoms with Gasteiger partial charge in [-0.3, -0.25) is 19.8 Å². The number of nitro groups is 1. The van der Waals surface area contributed by atoms with E-state index < -0.39 is 4.92 Å². The molecule has 0 aliphatic heterocycles. The topological polar surface area (TPSA) is 88.8 Å². The van der Waals surface area contributed by atoms with Crippen molar-refractivity contribution in [2.75, 3.05) is 38.7 Å². The number of ether oxygens (including phenoxy) is 1. The number of nitrogens with zero attached hydrogens (tertiary/aromatic N) is 4. The monoisotopic (exact) mass is 482 g/mol. The summed E-state index contributed by atoms with van der Waals surface area (Å²) in [7, 11) is 3.88. The highest BCUT2D eigenvalue weighted by atomic mass is 35.5. The summed E-state index contributed by atoms with van der Waals surface area (Å²) in [4.78, 5) is 32.3. The highest BCUT2D eigenvalue weighted by molar-refractivity contribution is 7.22. The zero-order chi connectivity index (χ0) is 21.7. The molecule has 0 radical (unpaired) electrons. The van der Waals surface area contributed by atoms with Crippen LogP contribution < -0.4 is 9.64 Å². The Balaban J connectivity index is 0.00000341. The summed E-state index contributed by atoms with van der Waals surface area (Å²) in [6, 6.07) is 8.79. The smallest absolute Gasteiger partial charge is 0.324 e. The third-order valence-electron chi connectivity index (χ3n) is 4.12. The molecule has 0 bridgehead atoms. The second-order valence-electron chi connectivity index (χ2n) is 6.59. The molecule has 31 heavy (non-hydrogen) atoms. The number of thiophene rings is 1. The van der Waals surface area contributed by atoms with Crippen LogP contribution in [-0.4, -0.2) is 54.5 Å². The van der Waals surface area contributed by atoms with E-state index in [1.165, 1.54) is 23.5 Å². The number of amides is 1. The second-order valence-corrected chi connectivity index (χ2v) is 8.69. The summed E-state index contributed by atoms with van der Waals surface area (Å²) < 4.78 is 6.60. The van der Waals surface area contributed by atoms with Crippen molar-refractivity contribution in [2.24, 2.45) is 0 Å². The number of likely N-dealkylation sites (N-methyl/N-ethyl adjacent to an activating group) is 1. The van der Waals surface area contributed by atoms with E-state index in [0.29, 0.717) is 35.5 Å². The van der Waals surface area contributed by atoms with Gasteiger partial charge in [0.1, 0.15) is 11.3 Å². The standard InChI is InChI=1S/C20H22N4O4S2.ClH/c1-4-28-15-6-5-7-16-19(15)21-20(30-16)23(13-12-22(2)3)17(25)10-8-14-9-11-18(29-14)24(26)27;/h5-11H,4,12-13H2,1-3H3;1H. The van der Waals surface area contributed by atoms with E-state index in [4.69, 9.17) is 4.74 Å². The molecule has 0 spiro atoms. The Hall–Kier alpha value is -2.53. The Morgan fingerprint density at radius 2 is 2.00 bits per heavy atom. The average molecular weight is 483 g/mol. The molecular weight excluding hydrogens is 460 g/mol. The first-order chi connectivity index (χ1) is 14.4. The first-order valence-electron chi connectivity index (χ1n) is 9.30. The van der Waals surface area contributed by atoms with E-state index in [1.807, 2.05) is 44.1 Å².